The number of unbranched alkanes of at least 4 members (excludes halogenated alkanes) is 1. The maximum Gasteiger partial charge on any atom is 0.242 e. The van der Waals surface area contributed by atoms with Crippen molar-refractivity contribution in [3.8, 4) is 0 Å². The largest absolute Gasteiger partial charge is 0.464 e. The predicted molar refractivity (Wildman–Crippen MR) is 141 cm³/mol. The highest BCUT2D eigenvalue weighted by molar-refractivity contribution is 5.86. The number of carbonyl (C=O) groups is 2. The Labute approximate surface area is 217 Å². The molecule has 2 aromatic carbocycles. The molecule has 3 aromatic rings. The fourth-order valence-corrected chi connectivity index (χ4v) is 4.96. The smallest absolute Gasteiger partial charge is 0.242 e. The highest BCUT2D eigenvalue weighted by Crippen LogP contribution is 2.26. The van der Waals surface area contributed by atoms with Gasteiger partial charge in [0.1, 0.15) is 11.4 Å². The number of rotatable bonds is 10. The normalized spacial score (nSPS) is 14.0. The molecule has 1 heterocycles. The number of amides is 2. The summed E-state index contributed by atoms with van der Waals surface area (Å²) in [5.74, 6) is -0.595. The van der Waals surface area contributed by atoms with Crippen molar-refractivity contribution in [2.24, 2.45) is 5.92 Å². The number of para-hydroxylation sites is 1. The Morgan fingerprint density at radius 3 is 2.43 bits per heavy atom. The van der Waals surface area contributed by atoms with E-state index in [-0.39, 0.29) is 48.6 Å². The van der Waals surface area contributed by atoms with Crippen LogP contribution in [0.4, 0.5) is 4.39 Å². The molecule has 4 rings (SSSR count). The molecular weight excluding hydrogens is 471 g/mol. The second kappa shape index (κ2) is 12.7. The van der Waals surface area contributed by atoms with E-state index in [4.69, 9.17) is 4.42 Å². The lowest BCUT2D eigenvalue weighted by molar-refractivity contribution is -0.144. The number of hydrogen-bond acceptors (Lipinski definition) is 4. The predicted octanol–water partition coefficient (Wildman–Crippen LogP) is 5.67. The van der Waals surface area contributed by atoms with Crippen molar-refractivity contribution in [2.75, 3.05) is 13.1 Å². The number of halogens is 1. The third-order valence-electron chi connectivity index (χ3n) is 7.13. The summed E-state index contributed by atoms with van der Waals surface area (Å²) in [6, 6.07) is 12.9. The lowest BCUT2D eigenvalue weighted by atomic mass is 9.88. The minimum absolute atomic E-state index is 0.0304. The van der Waals surface area contributed by atoms with E-state index in [2.05, 4.69) is 6.92 Å². The van der Waals surface area contributed by atoms with Crippen LogP contribution in [0.2, 0.25) is 0 Å². The maximum absolute atomic E-state index is 13.7. The molecule has 1 fully saturated rings. The number of hydrogen-bond donors (Lipinski definition) is 0. The van der Waals surface area contributed by atoms with Gasteiger partial charge in [-0.25, -0.2) is 4.39 Å². The third-order valence-corrected chi connectivity index (χ3v) is 7.13. The van der Waals surface area contributed by atoms with E-state index in [1.54, 1.807) is 46.2 Å². The van der Waals surface area contributed by atoms with Gasteiger partial charge < -0.3 is 14.2 Å². The summed E-state index contributed by atoms with van der Waals surface area (Å²) in [5.41, 5.74) is 1.38. The van der Waals surface area contributed by atoms with Crippen molar-refractivity contribution in [2.45, 2.75) is 65.0 Å². The molecule has 0 N–H and O–H groups in total. The van der Waals surface area contributed by atoms with Crippen LogP contribution in [-0.2, 0) is 22.7 Å². The summed E-state index contributed by atoms with van der Waals surface area (Å²) in [6.07, 6.45) is 8.11. The first kappa shape index (κ1) is 26.6. The van der Waals surface area contributed by atoms with Gasteiger partial charge in [-0.2, -0.15) is 0 Å². The average Bonchev–Trinajstić information content (AvgIpc) is 2.93. The number of benzene rings is 2. The molecule has 6 nitrogen and oxygen atoms in total. The molecule has 0 aliphatic heterocycles. The Morgan fingerprint density at radius 1 is 0.973 bits per heavy atom. The molecule has 7 heteroatoms. The highest BCUT2D eigenvalue weighted by atomic mass is 19.1. The van der Waals surface area contributed by atoms with Gasteiger partial charge in [-0.15, -0.1) is 0 Å². The van der Waals surface area contributed by atoms with Gasteiger partial charge in [-0.3, -0.25) is 14.4 Å². The fourth-order valence-electron chi connectivity index (χ4n) is 4.96. The van der Waals surface area contributed by atoms with Gasteiger partial charge in [-0.05, 0) is 49.1 Å². The topological polar surface area (TPSA) is 70.8 Å². The third kappa shape index (κ3) is 6.85. The molecule has 0 spiro atoms. The molecule has 0 unspecified atom stereocenters. The van der Waals surface area contributed by atoms with E-state index in [0.717, 1.165) is 50.5 Å². The second-order valence-corrected chi connectivity index (χ2v) is 9.91. The lowest BCUT2D eigenvalue weighted by Gasteiger charge is -2.31. The van der Waals surface area contributed by atoms with Gasteiger partial charge in [0.05, 0.1) is 30.3 Å². The van der Waals surface area contributed by atoms with Crippen molar-refractivity contribution < 1.29 is 18.4 Å². The summed E-state index contributed by atoms with van der Waals surface area (Å²) < 4.78 is 19.2. The molecule has 0 atom stereocenters. The van der Waals surface area contributed by atoms with Crippen molar-refractivity contribution in [3.63, 3.8) is 0 Å². The Balaban J connectivity index is 1.59. The highest BCUT2D eigenvalue weighted by Gasteiger charge is 2.28. The van der Waals surface area contributed by atoms with Crippen molar-refractivity contribution in [1.29, 1.82) is 0 Å². The zero-order valence-electron chi connectivity index (χ0n) is 21.5. The van der Waals surface area contributed by atoms with Crippen LogP contribution in [0.3, 0.4) is 0 Å². The Bertz CT molecular complexity index is 1260. The molecule has 196 valence electrons. The van der Waals surface area contributed by atoms with Crippen LogP contribution < -0.4 is 5.43 Å². The van der Waals surface area contributed by atoms with Crippen LogP contribution in [0.25, 0.3) is 11.0 Å². The SMILES string of the molecule is CCCCN(CC(=O)N(Cc1ccc(F)cc1)Cc1coc2ccccc2c1=O)C(=O)C1CCCCC1. The molecule has 0 saturated heterocycles. The zero-order chi connectivity index (χ0) is 26.2. The van der Waals surface area contributed by atoms with Gasteiger partial charge in [0.15, 0.2) is 5.43 Å². The van der Waals surface area contributed by atoms with E-state index in [9.17, 15) is 18.8 Å². The van der Waals surface area contributed by atoms with Crippen LogP contribution in [0.15, 0.2) is 64.0 Å². The minimum atomic E-state index is -0.361. The number of nitrogens with zero attached hydrogens (tertiary/aromatic N) is 2. The maximum atomic E-state index is 13.7. The van der Waals surface area contributed by atoms with E-state index >= 15 is 0 Å². The molecule has 37 heavy (non-hydrogen) atoms. The van der Waals surface area contributed by atoms with Crippen LogP contribution in [0.1, 0.15) is 63.0 Å². The molecule has 1 aromatic heterocycles. The molecule has 1 saturated carbocycles. The van der Waals surface area contributed by atoms with Crippen molar-refractivity contribution in [3.05, 3.63) is 82.0 Å². The fraction of sp³-hybridized carbons (Fsp3) is 0.433. The first-order valence-corrected chi connectivity index (χ1v) is 13.3. The second-order valence-electron chi connectivity index (χ2n) is 9.91. The summed E-state index contributed by atoms with van der Waals surface area (Å²) in [4.78, 5) is 43.4. The lowest BCUT2D eigenvalue weighted by Crippen LogP contribution is -2.45. The minimum Gasteiger partial charge on any atom is -0.464 e. The molecule has 0 radical (unpaired) electrons. The van der Waals surface area contributed by atoms with E-state index < -0.39 is 0 Å². The molecule has 0 bridgehead atoms. The standard InChI is InChI=1S/C30H35FN2O4/c1-2-3-17-32(30(36)23-9-5-4-6-10-23)20-28(34)33(18-22-13-15-25(31)16-14-22)19-24-21-37-27-12-8-7-11-26(27)29(24)35/h7-8,11-16,21,23H,2-6,9-10,17-20H2,1H3. The zero-order valence-corrected chi connectivity index (χ0v) is 21.5. The van der Waals surface area contributed by atoms with Crippen molar-refractivity contribution >= 4 is 22.8 Å². The Morgan fingerprint density at radius 2 is 1.70 bits per heavy atom. The van der Waals surface area contributed by atoms with Crippen molar-refractivity contribution in [1.82, 2.24) is 9.80 Å². The quantitative estimate of drug-likeness (QED) is 0.355. The van der Waals surface area contributed by atoms with Crippen LogP contribution in [0.5, 0.6) is 0 Å². The van der Waals surface area contributed by atoms with Crippen LogP contribution in [0, 0.1) is 11.7 Å². The number of fused-ring (bicyclic) bond motifs is 1. The van der Waals surface area contributed by atoms with E-state index in [1.165, 1.54) is 18.4 Å². The van der Waals surface area contributed by atoms with Gasteiger partial charge in [0.25, 0.3) is 0 Å². The summed E-state index contributed by atoms with van der Waals surface area (Å²) >= 11 is 0. The van der Waals surface area contributed by atoms with Gasteiger partial charge in [0, 0.05) is 19.0 Å². The first-order chi connectivity index (χ1) is 18.0. The number of carbonyl (C=O) groups excluding carboxylic acids is 2. The van der Waals surface area contributed by atoms with Gasteiger partial charge >= 0.3 is 0 Å². The summed E-state index contributed by atoms with van der Waals surface area (Å²) in [7, 11) is 0. The Hall–Kier alpha value is -3.48. The average molecular weight is 507 g/mol. The van der Waals surface area contributed by atoms with Crippen LogP contribution in [-0.4, -0.2) is 34.7 Å². The molecule has 1 aliphatic carbocycles. The summed E-state index contributed by atoms with van der Waals surface area (Å²) in [5, 5.41) is 0.450. The van der Waals surface area contributed by atoms with Gasteiger partial charge in [-0.1, -0.05) is 56.9 Å². The summed E-state index contributed by atoms with van der Waals surface area (Å²) in [6.45, 7) is 2.76. The molecule has 1 aliphatic rings. The first-order valence-electron chi connectivity index (χ1n) is 13.3. The van der Waals surface area contributed by atoms with E-state index in [0.29, 0.717) is 23.1 Å². The van der Waals surface area contributed by atoms with Gasteiger partial charge in [0.2, 0.25) is 11.8 Å². The van der Waals surface area contributed by atoms with Crippen LogP contribution >= 0.6 is 0 Å². The van der Waals surface area contributed by atoms with E-state index in [1.807, 2.05) is 0 Å². The molecule has 2 amide bonds. The Kier molecular flexibility index (Phi) is 9.09. The molecular formula is C30H35FN2O4. The monoisotopic (exact) mass is 506 g/mol.